The molecule has 1 aliphatic rings. The summed E-state index contributed by atoms with van der Waals surface area (Å²) in [6.45, 7) is 1.95. The lowest BCUT2D eigenvalue weighted by atomic mass is 10.0. The molecular weight excluding hydrogens is 366 g/mol. The second-order valence-corrected chi connectivity index (χ2v) is 8.22. The third kappa shape index (κ3) is 3.74. The lowest BCUT2D eigenvalue weighted by molar-refractivity contribution is 0.0620. The largest absolute Gasteiger partial charge is 0.381 e. The Hall–Kier alpha value is -0.140. The van der Waals surface area contributed by atoms with E-state index in [2.05, 4.69) is 15.9 Å². The minimum Gasteiger partial charge on any atom is -0.381 e. The molecule has 1 aromatic rings. The van der Waals surface area contributed by atoms with Crippen molar-refractivity contribution in [1.82, 2.24) is 4.31 Å². The summed E-state index contributed by atoms with van der Waals surface area (Å²) in [7, 11) is -1.86. The van der Waals surface area contributed by atoms with Gasteiger partial charge in [0.2, 0.25) is 10.0 Å². The molecule has 0 radical (unpaired) electrons. The van der Waals surface area contributed by atoms with Crippen molar-refractivity contribution in [2.75, 3.05) is 26.8 Å². The predicted molar refractivity (Wildman–Crippen MR) is 82.5 cm³/mol. The number of hydrogen-bond acceptors (Lipinski definition) is 3. The number of hydrogen-bond donors (Lipinski definition) is 0. The Morgan fingerprint density at radius 1 is 1.40 bits per heavy atom. The molecule has 0 bridgehead atoms. The van der Waals surface area contributed by atoms with Crippen molar-refractivity contribution in [3.63, 3.8) is 0 Å². The first kappa shape index (κ1) is 16.2. The molecule has 0 unspecified atom stereocenters. The van der Waals surface area contributed by atoms with Gasteiger partial charge in [-0.2, -0.15) is 0 Å². The summed E-state index contributed by atoms with van der Waals surface area (Å²) < 4.78 is 32.3. The van der Waals surface area contributed by atoms with Crippen LogP contribution >= 0.6 is 27.5 Å². The number of rotatable bonds is 4. The van der Waals surface area contributed by atoms with Crippen molar-refractivity contribution in [2.24, 2.45) is 5.92 Å². The zero-order chi connectivity index (χ0) is 14.8. The monoisotopic (exact) mass is 381 g/mol. The van der Waals surface area contributed by atoms with E-state index in [-0.39, 0.29) is 4.90 Å². The minimum atomic E-state index is -3.47. The highest BCUT2D eigenvalue weighted by Crippen LogP contribution is 2.27. The van der Waals surface area contributed by atoms with E-state index in [1.165, 1.54) is 16.4 Å². The van der Waals surface area contributed by atoms with Crippen LogP contribution in [0, 0.1) is 5.92 Å². The Kier molecular flexibility index (Phi) is 5.48. The highest BCUT2D eigenvalue weighted by molar-refractivity contribution is 9.10. The summed E-state index contributed by atoms with van der Waals surface area (Å²) in [5.74, 6) is 0.360. The highest BCUT2D eigenvalue weighted by Gasteiger charge is 2.25. The molecule has 1 aliphatic heterocycles. The molecule has 20 heavy (non-hydrogen) atoms. The van der Waals surface area contributed by atoms with Crippen LogP contribution in [0.5, 0.6) is 0 Å². The van der Waals surface area contributed by atoms with Crippen LogP contribution in [0.25, 0.3) is 0 Å². The summed E-state index contributed by atoms with van der Waals surface area (Å²) in [6.07, 6.45) is 1.81. The molecule has 0 atom stereocenters. The number of nitrogens with zero attached hydrogens (tertiary/aromatic N) is 1. The molecule has 112 valence electrons. The summed E-state index contributed by atoms with van der Waals surface area (Å²) in [6, 6.07) is 4.65. The maximum absolute atomic E-state index is 12.5. The molecule has 2 rings (SSSR count). The Bertz CT molecular complexity index is 573. The summed E-state index contributed by atoms with van der Waals surface area (Å²) in [5, 5.41) is 0.496. The van der Waals surface area contributed by atoms with Crippen LogP contribution in [0.3, 0.4) is 0 Å². The first-order valence-corrected chi connectivity index (χ1v) is 9.01. The molecule has 0 saturated carbocycles. The fourth-order valence-electron chi connectivity index (χ4n) is 2.21. The third-order valence-electron chi connectivity index (χ3n) is 3.46. The van der Waals surface area contributed by atoms with E-state index in [0.717, 1.165) is 12.8 Å². The van der Waals surface area contributed by atoms with Crippen LogP contribution in [-0.4, -0.2) is 39.5 Å². The molecule has 0 aliphatic carbocycles. The van der Waals surface area contributed by atoms with Gasteiger partial charge in [-0.15, -0.1) is 0 Å². The number of halogens is 2. The molecule has 4 nitrogen and oxygen atoms in total. The maximum Gasteiger partial charge on any atom is 0.242 e. The van der Waals surface area contributed by atoms with Gasteiger partial charge in [-0.3, -0.25) is 0 Å². The maximum atomic E-state index is 12.5. The van der Waals surface area contributed by atoms with Crippen molar-refractivity contribution in [1.29, 1.82) is 0 Å². The van der Waals surface area contributed by atoms with Gasteiger partial charge in [0.15, 0.2) is 0 Å². The van der Waals surface area contributed by atoms with Gasteiger partial charge >= 0.3 is 0 Å². The highest BCUT2D eigenvalue weighted by atomic mass is 79.9. The Balaban J connectivity index is 2.13. The van der Waals surface area contributed by atoms with Crippen molar-refractivity contribution >= 4 is 37.6 Å². The van der Waals surface area contributed by atoms with Crippen LogP contribution in [0.2, 0.25) is 5.02 Å². The SMILES string of the molecule is CN(CC1CCOCC1)S(=O)(=O)c1ccc(Cl)c(Br)c1. The topological polar surface area (TPSA) is 46.6 Å². The number of sulfonamides is 1. The molecule has 1 saturated heterocycles. The van der Waals surface area contributed by atoms with Crippen LogP contribution < -0.4 is 0 Å². The van der Waals surface area contributed by atoms with Gasteiger partial charge in [-0.1, -0.05) is 11.6 Å². The van der Waals surface area contributed by atoms with E-state index in [1.807, 2.05) is 0 Å². The molecular formula is C13H17BrClNO3S. The van der Waals surface area contributed by atoms with Crippen LogP contribution in [0.1, 0.15) is 12.8 Å². The number of ether oxygens (including phenoxy) is 1. The van der Waals surface area contributed by atoms with Gasteiger partial charge in [-0.25, -0.2) is 12.7 Å². The standard InChI is InChI=1S/C13H17BrClNO3S/c1-16(9-10-4-6-19-7-5-10)20(17,18)11-2-3-13(15)12(14)8-11/h2-3,8,10H,4-7,9H2,1H3. The average Bonchev–Trinajstić information content (AvgIpc) is 2.42. The van der Waals surface area contributed by atoms with Crippen LogP contribution in [0.4, 0.5) is 0 Å². The lowest BCUT2D eigenvalue weighted by Gasteiger charge is -2.26. The molecule has 1 aromatic carbocycles. The van der Waals surface area contributed by atoms with E-state index >= 15 is 0 Å². The normalized spacial score (nSPS) is 17.6. The molecule has 0 amide bonds. The summed E-state index contributed by atoms with van der Waals surface area (Å²) >= 11 is 9.15. The molecule has 7 heteroatoms. The van der Waals surface area contributed by atoms with Gasteiger partial charge in [0.1, 0.15) is 0 Å². The predicted octanol–water partition coefficient (Wildman–Crippen LogP) is 3.15. The van der Waals surface area contributed by atoms with Gasteiger partial charge in [0.25, 0.3) is 0 Å². The van der Waals surface area contributed by atoms with E-state index in [1.54, 1.807) is 13.1 Å². The molecule has 0 N–H and O–H groups in total. The smallest absolute Gasteiger partial charge is 0.242 e. The zero-order valence-electron chi connectivity index (χ0n) is 11.2. The van der Waals surface area contributed by atoms with Gasteiger partial charge in [0, 0.05) is 31.3 Å². The van der Waals surface area contributed by atoms with E-state index < -0.39 is 10.0 Å². The van der Waals surface area contributed by atoms with Gasteiger partial charge in [0.05, 0.1) is 9.92 Å². The molecule has 0 aromatic heterocycles. The quantitative estimate of drug-likeness (QED) is 0.803. The number of benzene rings is 1. The fourth-order valence-corrected chi connectivity index (χ4v) is 4.13. The molecule has 0 spiro atoms. The summed E-state index contributed by atoms with van der Waals surface area (Å²) in [5.41, 5.74) is 0. The van der Waals surface area contributed by atoms with E-state index in [4.69, 9.17) is 16.3 Å². The minimum absolute atomic E-state index is 0.253. The first-order chi connectivity index (χ1) is 9.41. The second-order valence-electron chi connectivity index (χ2n) is 4.92. The Morgan fingerprint density at radius 2 is 2.05 bits per heavy atom. The average molecular weight is 383 g/mol. The van der Waals surface area contributed by atoms with Crippen LogP contribution in [-0.2, 0) is 14.8 Å². The second kappa shape index (κ2) is 6.75. The Labute approximate surface area is 133 Å². The van der Waals surface area contributed by atoms with Crippen molar-refractivity contribution in [2.45, 2.75) is 17.7 Å². The van der Waals surface area contributed by atoms with Crippen molar-refractivity contribution in [3.8, 4) is 0 Å². The third-order valence-corrected chi connectivity index (χ3v) is 6.49. The molecule has 1 heterocycles. The zero-order valence-corrected chi connectivity index (χ0v) is 14.3. The van der Waals surface area contributed by atoms with Crippen molar-refractivity contribution < 1.29 is 13.2 Å². The van der Waals surface area contributed by atoms with E-state index in [9.17, 15) is 8.42 Å². The van der Waals surface area contributed by atoms with Gasteiger partial charge < -0.3 is 4.74 Å². The molecule has 1 fully saturated rings. The van der Waals surface area contributed by atoms with Gasteiger partial charge in [-0.05, 0) is 52.9 Å². The van der Waals surface area contributed by atoms with E-state index in [0.29, 0.717) is 35.2 Å². The first-order valence-electron chi connectivity index (χ1n) is 6.40. The lowest BCUT2D eigenvalue weighted by Crippen LogP contribution is -2.34. The summed E-state index contributed by atoms with van der Waals surface area (Å²) in [4.78, 5) is 0.253. The van der Waals surface area contributed by atoms with Crippen LogP contribution in [0.15, 0.2) is 27.6 Å². The fraction of sp³-hybridized carbons (Fsp3) is 0.538. The van der Waals surface area contributed by atoms with Crippen molar-refractivity contribution in [3.05, 3.63) is 27.7 Å². The Morgan fingerprint density at radius 3 is 2.65 bits per heavy atom.